The number of benzene rings is 1. The number of hydrogen-bond donors (Lipinski definition) is 2. The van der Waals surface area contributed by atoms with Crippen LogP contribution in [0.2, 0.25) is 0 Å². The van der Waals surface area contributed by atoms with Crippen LogP contribution < -0.4 is 11.1 Å². The first kappa shape index (κ1) is 7.13. The number of nitrogens with one attached hydrogen (secondary N) is 1. The number of anilines is 1. The summed E-state index contributed by atoms with van der Waals surface area (Å²) in [7, 11) is 0. The monoisotopic (exact) mass is 212 g/mol. The molecule has 2 rings (SSSR count). The number of nitrogens with two attached hydrogens (primary N) is 1. The molecule has 1 aliphatic heterocycles. The fourth-order valence-corrected chi connectivity index (χ4v) is 1.89. The van der Waals surface area contributed by atoms with Gasteiger partial charge in [0.15, 0.2) is 0 Å². The molecule has 1 aromatic rings. The molecule has 1 heterocycles. The fourth-order valence-electron chi connectivity index (χ4n) is 1.36. The van der Waals surface area contributed by atoms with Crippen molar-refractivity contribution in [1.82, 2.24) is 5.32 Å². The van der Waals surface area contributed by atoms with E-state index < -0.39 is 0 Å². The average Bonchev–Trinajstić information content (AvgIpc) is 2.45. The highest BCUT2D eigenvalue weighted by Gasteiger charge is 2.13. The van der Waals surface area contributed by atoms with Crippen molar-refractivity contribution < 1.29 is 0 Å². The van der Waals surface area contributed by atoms with Crippen LogP contribution in [0.1, 0.15) is 11.1 Å². The normalized spacial score (nSPS) is 15.0. The fraction of sp³-hybridized carbons (Fsp3) is 0.250. The van der Waals surface area contributed by atoms with Gasteiger partial charge in [-0.3, -0.25) is 0 Å². The van der Waals surface area contributed by atoms with Crippen LogP contribution in [0.4, 0.5) is 5.69 Å². The standard InChI is InChI=1S/C8H9BrN2/c9-8-6-4-11-3-5(6)1-2-7(8)10/h1-2,11H,3-4,10H2. The third-order valence-electron chi connectivity index (χ3n) is 1.99. The third-order valence-corrected chi connectivity index (χ3v) is 2.92. The second-order valence-electron chi connectivity index (χ2n) is 2.71. The van der Waals surface area contributed by atoms with Gasteiger partial charge in [0, 0.05) is 23.2 Å². The van der Waals surface area contributed by atoms with Gasteiger partial charge in [0.25, 0.3) is 0 Å². The molecule has 11 heavy (non-hydrogen) atoms. The van der Waals surface area contributed by atoms with E-state index in [1.807, 2.05) is 6.07 Å². The van der Waals surface area contributed by atoms with Crippen molar-refractivity contribution in [1.29, 1.82) is 0 Å². The lowest BCUT2D eigenvalue weighted by Crippen LogP contribution is -2.00. The van der Waals surface area contributed by atoms with Crippen molar-refractivity contribution in [2.24, 2.45) is 0 Å². The predicted molar refractivity (Wildman–Crippen MR) is 49.1 cm³/mol. The summed E-state index contributed by atoms with van der Waals surface area (Å²) in [5, 5.41) is 3.27. The van der Waals surface area contributed by atoms with Gasteiger partial charge in [-0.05, 0) is 33.1 Å². The summed E-state index contributed by atoms with van der Waals surface area (Å²) in [5.74, 6) is 0. The van der Waals surface area contributed by atoms with Gasteiger partial charge in [-0.2, -0.15) is 0 Å². The van der Waals surface area contributed by atoms with Crippen LogP contribution in [0, 0.1) is 0 Å². The lowest BCUT2D eigenvalue weighted by molar-refractivity contribution is 0.764. The first-order chi connectivity index (χ1) is 5.29. The maximum atomic E-state index is 5.72. The summed E-state index contributed by atoms with van der Waals surface area (Å²) < 4.78 is 1.06. The van der Waals surface area contributed by atoms with Crippen LogP contribution in [-0.2, 0) is 13.1 Å². The molecule has 0 spiro atoms. The SMILES string of the molecule is Nc1ccc2c(c1Br)CNC2. The molecule has 0 amide bonds. The van der Waals surface area contributed by atoms with Crippen LogP contribution in [0.5, 0.6) is 0 Å². The van der Waals surface area contributed by atoms with E-state index in [4.69, 9.17) is 5.73 Å². The zero-order valence-corrected chi connectivity index (χ0v) is 7.61. The number of fused-ring (bicyclic) bond motifs is 1. The maximum Gasteiger partial charge on any atom is 0.0462 e. The van der Waals surface area contributed by atoms with Crippen molar-refractivity contribution in [2.75, 3.05) is 5.73 Å². The van der Waals surface area contributed by atoms with Gasteiger partial charge in [-0.25, -0.2) is 0 Å². The van der Waals surface area contributed by atoms with Gasteiger partial charge in [0.2, 0.25) is 0 Å². The highest BCUT2D eigenvalue weighted by atomic mass is 79.9. The average molecular weight is 213 g/mol. The largest absolute Gasteiger partial charge is 0.398 e. The zero-order valence-electron chi connectivity index (χ0n) is 6.02. The van der Waals surface area contributed by atoms with E-state index in [-0.39, 0.29) is 0 Å². The molecular weight excluding hydrogens is 204 g/mol. The topological polar surface area (TPSA) is 38.0 Å². The molecule has 3 N–H and O–H groups in total. The molecule has 0 bridgehead atoms. The highest BCUT2D eigenvalue weighted by Crippen LogP contribution is 2.29. The van der Waals surface area contributed by atoms with E-state index in [0.717, 1.165) is 23.2 Å². The van der Waals surface area contributed by atoms with Gasteiger partial charge in [-0.15, -0.1) is 0 Å². The van der Waals surface area contributed by atoms with Crippen molar-refractivity contribution in [2.45, 2.75) is 13.1 Å². The second kappa shape index (κ2) is 2.50. The van der Waals surface area contributed by atoms with Gasteiger partial charge >= 0.3 is 0 Å². The van der Waals surface area contributed by atoms with Crippen LogP contribution in [0.25, 0.3) is 0 Å². The Morgan fingerprint density at radius 1 is 1.36 bits per heavy atom. The van der Waals surface area contributed by atoms with Gasteiger partial charge < -0.3 is 11.1 Å². The molecule has 58 valence electrons. The van der Waals surface area contributed by atoms with Gasteiger partial charge in [-0.1, -0.05) is 6.07 Å². The molecule has 0 unspecified atom stereocenters. The van der Waals surface area contributed by atoms with E-state index in [1.165, 1.54) is 11.1 Å². The molecule has 2 nitrogen and oxygen atoms in total. The van der Waals surface area contributed by atoms with Gasteiger partial charge in [0.1, 0.15) is 0 Å². The lowest BCUT2D eigenvalue weighted by atomic mass is 10.1. The Balaban J connectivity index is 2.62. The number of hydrogen-bond acceptors (Lipinski definition) is 2. The molecule has 0 saturated heterocycles. The Kier molecular flexibility index (Phi) is 1.62. The Hall–Kier alpha value is -0.540. The first-order valence-electron chi connectivity index (χ1n) is 3.55. The first-order valence-corrected chi connectivity index (χ1v) is 4.35. The van der Waals surface area contributed by atoms with Crippen molar-refractivity contribution in [3.05, 3.63) is 27.7 Å². The minimum atomic E-state index is 0.826. The molecule has 0 fully saturated rings. The van der Waals surface area contributed by atoms with Crippen LogP contribution in [0.3, 0.4) is 0 Å². The number of nitrogen functional groups attached to an aromatic ring is 1. The van der Waals surface area contributed by atoms with Crippen molar-refractivity contribution >= 4 is 21.6 Å². The number of halogens is 1. The Morgan fingerprint density at radius 3 is 3.00 bits per heavy atom. The Bertz CT molecular complexity index is 296. The van der Waals surface area contributed by atoms with Crippen LogP contribution in [-0.4, -0.2) is 0 Å². The molecule has 0 aromatic heterocycles. The molecule has 1 aliphatic rings. The zero-order chi connectivity index (χ0) is 7.84. The molecule has 1 aromatic carbocycles. The lowest BCUT2D eigenvalue weighted by Gasteiger charge is -2.03. The molecule has 0 saturated carbocycles. The summed E-state index contributed by atoms with van der Waals surface area (Å²) in [6, 6.07) is 4.02. The highest BCUT2D eigenvalue weighted by molar-refractivity contribution is 9.10. The second-order valence-corrected chi connectivity index (χ2v) is 3.50. The van der Waals surface area contributed by atoms with E-state index >= 15 is 0 Å². The van der Waals surface area contributed by atoms with E-state index in [2.05, 4.69) is 27.3 Å². The quantitative estimate of drug-likeness (QED) is 0.643. The Morgan fingerprint density at radius 2 is 2.18 bits per heavy atom. The van der Waals surface area contributed by atoms with E-state index in [9.17, 15) is 0 Å². The summed E-state index contributed by atoms with van der Waals surface area (Å²) in [6.07, 6.45) is 0. The smallest absolute Gasteiger partial charge is 0.0462 e. The van der Waals surface area contributed by atoms with E-state index in [0.29, 0.717) is 0 Å². The predicted octanol–water partition coefficient (Wildman–Crippen LogP) is 1.63. The molecule has 0 radical (unpaired) electrons. The summed E-state index contributed by atoms with van der Waals surface area (Å²) in [6.45, 7) is 1.90. The van der Waals surface area contributed by atoms with Crippen molar-refractivity contribution in [3.8, 4) is 0 Å². The molecule has 0 aliphatic carbocycles. The Labute approximate surface area is 73.9 Å². The molecule has 3 heteroatoms. The van der Waals surface area contributed by atoms with Crippen LogP contribution in [0.15, 0.2) is 16.6 Å². The van der Waals surface area contributed by atoms with E-state index in [1.54, 1.807) is 0 Å². The van der Waals surface area contributed by atoms with Gasteiger partial charge in [0.05, 0.1) is 0 Å². The number of rotatable bonds is 0. The molecular formula is C8H9BrN2. The molecule has 0 atom stereocenters. The maximum absolute atomic E-state index is 5.72. The van der Waals surface area contributed by atoms with Crippen LogP contribution >= 0.6 is 15.9 Å². The summed E-state index contributed by atoms with van der Waals surface area (Å²) >= 11 is 3.47. The summed E-state index contributed by atoms with van der Waals surface area (Å²) in [5.41, 5.74) is 9.21. The van der Waals surface area contributed by atoms with Crippen molar-refractivity contribution in [3.63, 3.8) is 0 Å². The minimum absolute atomic E-state index is 0.826. The third kappa shape index (κ3) is 1.04. The summed E-state index contributed by atoms with van der Waals surface area (Å²) in [4.78, 5) is 0. The minimum Gasteiger partial charge on any atom is -0.398 e.